The Kier molecular flexibility index (Phi) is 7.80. The summed E-state index contributed by atoms with van der Waals surface area (Å²) >= 11 is 0. The monoisotopic (exact) mass is 743 g/mol. The lowest BCUT2D eigenvalue weighted by atomic mass is 9.40. The number of fused-ring (bicyclic) bond motifs is 6. The molecule has 6 saturated carbocycles. The highest BCUT2D eigenvalue weighted by Crippen LogP contribution is 2.72. The van der Waals surface area contributed by atoms with Crippen LogP contribution in [-0.4, -0.2) is 104 Å². The molecule has 6 fully saturated rings. The molecule has 6 aromatic rings. The van der Waals surface area contributed by atoms with Gasteiger partial charge in [0.05, 0.1) is 47.4 Å². The maximum atomic E-state index is 12.2. The van der Waals surface area contributed by atoms with Crippen molar-refractivity contribution in [1.82, 2.24) is 47.6 Å². The predicted molar refractivity (Wildman–Crippen MR) is 194 cm³/mol. The van der Waals surface area contributed by atoms with Crippen LogP contribution < -0.4 is 5.73 Å². The van der Waals surface area contributed by atoms with Crippen LogP contribution in [0.3, 0.4) is 0 Å². The largest absolute Gasteiger partial charge is 0.346 e. The van der Waals surface area contributed by atoms with E-state index in [1.807, 2.05) is 37.3 Å². The Balaban J connectivity index is 0.000000133. The van der Waals surface area contributed by atoms with E-state index in [1.165, 1.54) is 23.9 Å². The normalized spacial score (nSPS) is 27.8. The first-order valence-electron chi connectivity index (χ1n) is 15.9. The van der Waals surface area contributed by atoms with Crippen molar-refractivity contribution >= 4 is 74.1 Å². The molecule has 0 saturated heterocycles. The van der Waals surface area contributed by atoms with Crippen LogP contribution in [0, 0.1) is 5.41 Å². The first kappa shape index (κ1) is 34.8. The molecule has 0 atom stereocenters. The SMILES string of the molecule is C.CN(C)S(=O)(=O)CC12CC(n3cnc4cnc5[nH]ccc5c43)(C1)C2.CN(C)S(=O)(=O)Cl.NC12CC(n3cnc4cnc5[nH]ccc5c43)(C1)C2. The van der Waals surface area contributed by atoms with Crippen molar-refractivity contribution in [2.24, 2.45) is 11.1 Å². The molecule has 4 N–H and O–H groups in total. The van der Waals surface area contributed by atoms with E-state index in [0.717, 1.165) is 81.4 Å². The van der Waals surface area contributed by atoms with Crippen LogP contribution in [0.2, 0.25) is 0 Å². The maximum absolute atomic E-state index is 12.2. The number of aromatic nitrogens is 8. The number of pyridine rings is 2. The Labute approximate surface area is 294 Å². The topological polar surface area (TPSA) is 194 Å². The highest BCUT2D eigenvalue weighted by molar-refractivity contribution is 8.11. The third-order valence-corrected chi connectivity index (χ3v) is 14.6. The number of rotatable bonds is 6. The van der Waals surface area contributed by atoms with Gasteiger partial charge in [-0.2, -0.15) is 12.7 Å². The van der Waals surface area contributed by atoms with E-state index in [4.69, 9.17) is 16.4 Å². The van der Waals surface area contributed by atoms with Crippen LogP contribution in [-0.2, 0) is 30.3 Å². The number of imidazole rings is 2. The van der Waals surface area contributed by atoms with Gasteiger partial charge < -0.3 is 24.8 Å². The van der Waals surface area contributed by atoms with Gasteiger partial charge in [-0.15, -0.1) is 0 Å². The molecule has 15 nitrogen and oxygen atoms in total. The average Bonchev–Trinajstić information content (AvgIpc) is 3.76. The Morgan fingerprint density at radius 1 is 0.760 bits per heavy atom. The first-order valence-corrected chi connectivity index (χ1v) is 19.8. The van der Waals surface area contributed by atoms with Gasteiger partial charge in [-0.3, -0.25) is 0 Å². The number of nitrogens with one attached hydrogen (secondary N) is 2. The Morgan fingerprint density at radius 2 is 1.18 bits per heavy atom. The molecule has 6 aromatic heterocycles. The molecular weight excluding hydrogens is 702 g/mol. The van der Waals surface area contributed by atoms with Crippen LogP contribution in [0.1, 0.15) is 46.0 Å². The zero-order valence-corrected chi connectivity index (χ0v) is 29.9. The summed E-state index contributed by atoms with van der Waals surface area (Å²) in [7, 11) is 4.12. The molecule has 50 heavy (non-hydrogen) atoms. The molecule has 0 aromatic carbocycles. The van der Waals surface area contributed by atoms with E-state index in [-0.39, 0.29) is 35.2 Å². The summed E-state index contributed by atoms with van der Waals surface area (Å²) in [5.74, 6) is 0.252. The van der Waals surface area contributed by atoms with Crippen molar-refractivity contribution in [2.75, 3.05) is 33.9 Å². The van der Waals surface area contributed by atoms with Crippen molar-refractivity contribution in [3.8, 4) is 0 Å². The highest BCUT2D eigenvalue weighted by atomic mass is 35.7. The first-order chi connectivity index (χ1) is 23.0. The quantitative estimate of drug-likeness (QED) is 0.213. The van der Waals surface area contributed by atoms with Gasteiger partial charge >= 0.3 is 0 Å². The number of H-pyrrole nitrogens is 2. The fourth-order valence-corrected chi connectivity index (χ4v) is 10.0. The molecule has 0 radical (unpaired) electrons. The zero-order valence-electron chi connectivity index (χ0n) is 27.6. The number of hydrogen-bond donors (Lipinski definition) is 3. The van der Waals surface area contributed by atoms with E-state index in [0.29, 0.717) is 0 Å². The van der Waals surface area contributed by atoms with Crippen LogP contribution in [0.5, 0.6) is 0 Å². The molecular formula is C32H42ClN11O4S2. The number of nitrogens with zero attached hydrogens (tertiary/aromatic N) is 8. The average molecular weight is 744 g/mol. The summed E-state index contributed by atoms with van der Waals surface area (Å²) in [5, 5.41) is 2.23. The molecule has 0 amide bonds. The smallest absolute Gasteiger partial charge is 0.299 e. The third-order valence-electron chi connectivity index (χ3n) is 10.8. The molecule has 0 aliphatic heterocycles. The summed E-state index contributed by atoms with van der Waals surface area (Å²) in [6, 6.07) is 4.10. The lowest BCUT2D eigenvalue weighted by molar-refractivity contribution is -0.168. The van der Waals surface area contributed by atoms with Crippen molar-refractivity contribution in [2.45, 2.75) is 62.6 Å². The van der Waals surface area contributed by atoms with E-state index in [1.54, 1.807) is 20.3 Å². The Hall–Kier alpha value is -3.61. The fourth-order valence-electron chi connectivity index (χ4n) is 8.67. The molecule has 6 aliphatic carbocycles. The number of aromatic amines is 2. The molecule has 268 valence electrons. The van der Waals surface area contributed by atoms with Gasteiger partial charge in [0.15, 0.2) is 0 Å². The second kappa shape index (κ2) is 11.2. The van der Waals surface area contributed by atoms with E-state index < -0.39 is 19.3 Å². The molecule has 0 unspecified atom stereocenters. The molecule has 6 aliphatic rings. The summed E-state index contributed by atoms with van der Waals surface area (Å²) in [4.78, 5) is 24.1. The van der Waals surface area contributed by atoms with E-state index >= 15 is 0 Å². The summed E-state index contributed by atoms with van der Waals surface area (Å²) in [6.45, 7) is 0. The maximum Gasteiger partial charge on any atom is 0.299 e. The number of hydrogen-bond acceptors (Lipinski definition) is 9. The van der Waals surface area contributed by atoms with Gasteiger partial charge in [-0.05, 0) is 56.1 Å². The van der Waals surface area contributed by atoms with Crippen LogP contribution in [0.25, 0.3) is 44.1 Å². The minimum atomic E-state index is -3.44. The number of nitrogens with two attached hydrogens (primary N) is 1. The Bertz CT molecular complexity index is 2460. The molecule has 18 heteroatoms. The molecule has 12 rings (SSSR count). The second-order valence-electron chi connectivity index (χ2n) is 14.8. The van der Waals surface area contributed by atoms with Crippen molar-refractivity contribution < 1.29 is 16.8 Å². The number of sulfonamides is 1. The Morgan fingerprint density at radius 3 is 1.56 bits per heavy atom. The minimum Gasteiger partial charge on any atom is -0.346 e. The zero-order chi connectivity index (χ0) is 34.8. The lowest BCUT2D eigenvalue weighted by Gasteiger charge is -2.71. The van der Waals surface area contributed by atoms with Crippen molar-refractivity contribution in [3.05, 3.63) is 49.6 Å². The highest BCUT2D eigenvalue weighted by Gasteiger charge is 2.70. The standard InChI is InChI=1S/C16H19N5O2S.C13H13N5.C2H6ClNO2S.CH4/c1-20(2)24(22,23)9-15-6-16(7-15,8-15)21-10-19-12-5-18-14-11(13(12)21)3-4-17-14;14-12-4-13(5-12,6-12)18-7-17-9-3-16-11-8(10(9)18)1-2-15-11;1-4(2)7(3,5)6;/h3-5,10H,6-9H2,1-2H3,(H,17,18);1-3,7H,4-6,14H2,(H,15,16);1-2H3;1H4. The summed E-state index contributed by atoms with van der Waals surface area (Å²) < 4.78 is 51.3. The fraction of sp³-hybridized carbons (Fsp3) is 0.500. The van der Waals surface area contributed by atoms with Crippen molar-refractivity contribution in [3.63, 3.8) is 0 Å². The molecule has 6 heterocycles. The third kappa shape index (κ3) is 5.23. The van der Waals surface area contributed by atoms with E-state index in [9.17, 15) is 16.8 Å². The van der Waals surface area contributed by atoms with Crippen LogP contribution >= 0.6 is 10.7 Å². The lowest BCUT2D eigenvalue weighted by Crippen LogP contribution is -2.76. The van der Waals surface area contributed by atoms with Gasteiger partial charge in [-0.25, -0.2) is 32.7 Å². The number of halogens is 1. The van der Waals surface area contributed by atoms with Gasteiger partial charge in [0.2, 0.25) is 10.0 Å². The minimum absolute atomic E-state index is 0. The van der Waals surface area contributed by atoms with Crippen LogP contribution in [0.15, 0.2) is 49.6 Å². The second-order valence-corrected chi connectivity index (χ2v) is 19.7. The van der Waals surface area contributed by atoms with Gasteiger partial charge in [-0.1, -0.05) is 7.43 Å². The van der Waals surface area contributed by atoms with Gasteiger partial charge in [0.25, 0.3) is 9.24 Å². The summed E-state index contributed by atoms with van der Waals surface area (Å²) in [6.07, 6.45) is 17.3. The predicted octanol–water partition coefficient (Wildman–Crippen LogP) is 3.85. The van der Waals surface area contributed by atoms with Crippen molar-refractivity contribution in [1.29, 1.82) is 0 Å². The molecule has 4 bridgehead atoms. The van der Waals surface area contributed by atoms with Gasteiger partial charge in [0, 0.05) is 73.1 Å². The molecule has 0 spiro atoms. The van der Waals surface area contributed by atoms with E-state index in [2.05, 4.69) is 45.1 Å². The summed E-state index contributed by atoms with van der Waals surface area (Å²) in [5.41, 5.74) is 12.4. The van der Waals surface area contributed by atoms with Crippen LogP contribution in [0.4, 0.5) is 0 Å². The van der Waals surface area contributed by atoms with Gasteiger partial charge in [0.1, 0.15) is 22.3 Å².